The molecule has 0 bridgehead atoms. The maximum Gasteiger partial charge on any atom is 0.278 e. The van der Waals surface area contributed by atoms with E-state index in [1.54, 1.807) is 17.6 Å². The Kier molecular flexibility index (Phi) is 4.43. The number of fused-ring (bicyclic) bond motifs is 1. The summed E-state index contributed by atoms with van der Waals surface area (Å²) in [7, 11) is 0. The Morgan fingerprint density at radius 2 is 2.21 bits per heavy atom. The minimum atomic E-state index is -0.240. The van der Waals surface area contributed by atoms with Gasteiger partial charge in [0, 0.05) is 18.3 Å². The summed E-state index contributed by atoms with van der Waals surface area (Å²) in [5.41, 5.74) is 1.84. The van der Waals surface area contributed by atoms with E-state index in [4.69, 9.17) is 4.52 Å². The Labute approximate surface area is 141 Å². The van der Waals surface area contributed by atoms with E-state index in [0.717, 1.165) is 5.69 Å². The molecule has 3 heterocycles. The van der Waals surface area contributed by atoms with E-state index >= 15 is 0 Å². The van der Waals surface area contributed by atoms with Crippen molar-refractivity contribution >= 4 is 34.5 Å². The fourth-order valence-corrected chi connectivity index (χ4v) is 3.20. The van der Waals surface area contributed by atoms with Crippen LogP contribution in [0.5, 0.6) is 0 Å². The van der Waals surface area contributed by atoms with Crippen LogP contribution in [-0.2, 0) is 11.3 Å². The molecule has 0 spiro atoms. The second-order valence-electron chi connectivity index (χ2n) is 5.32. The Bertz CT molecular complexity index is 956. The van der Waals surface area contributed by atoms with E-state index in [1.165, 1.54) is 11.8 Å². The second kappa shape index (κ2) is 6.52. The van der Waals surface area contributed by atoms with Crippen molar-refractivity contribution in [2.45, 2.75) is 32.5 Å². The number of amides is 1. The van der Waals surface area contributed by atoms with Gasteiger partial charge in [0.05, 0.1) is 11.3 Å². The summed E-state index contributed by atoms with van der Waals surface area (Å²) in [6.45, 7) is 5.96. The smallest absolute Gasteiger partial charge is 0.278 e. The molecule has 1 amide bonds. The van der Waals surface area contributed by atoms with Crippen LogP contribution in [0.4, 0.5) is 5.82 Å². The third-order valence-electron chi connectivity index (χ3n) is 3.38. The number of aryl methyl sites for hydroxylation is 2. The first-order valence-corrected chi connectivity index (χ1v) is 8.42. The molecule has 0 aliphatic heterocycles. The summed E-state index contributed by atoms with van der Waals surface area (Å²) in [6.07, 6.45) is 0. The number of nitrogens with one attached hydrogen (secondary N) is 2. The predicted octanol–water partition coefficient (Wildman–Crippen LogP) is 2.08. The second-order valence-corrected chi connectivity index (χ2v) is 6.26. The number of rotatable bonds is 5. The average molecular weight is 347 g/mol. The van der Waals surface area contributed by atoms with Crippen molar-refractivity contribution in [3.05, 3.63) is 33.9 Å². The zero-order valence-corrected chi connectivity index (χ0v) is 14.4. The number of aromatic amines is 1. The van der Waals surface area contributed by atoms with Crippen molar-refractivity contribution in [3.63, 3.8) is 0 Å². The number of nitrogens with zero attached hydrogens (tertiary/aromatic N) is 3. The lowest BCUT2D eigenvalue weighted by Gasteiger charge is -2.09. The molecule has 3 rings (SSSR count). The quantitative estimate of drug-likeness (QED) is 0.541. The first-order chi connectivity index (χ1) is 11.5. The zero-order valence-electron chi connectivity index (χ0n) is 13.5. The van der Waals surface area contributed by atoms with Crippen LogP contribution < -0.4 is 10.9 Å². The van der Waals surface area contributed by atoms with Crippen LogP contribution >= 0.6 is 11.8 Å². The molecular formula is C15H17N5O3S. The van der Waals surface area contributed by atoms with Crippen molar-refractivity contribution in [1.82, 2.24) is 19.7 Å². The van der Waals surface area contributed by atoms with Crippen molar-refractivity contribution in [2.75, 3.05) is 11.1 Å². The minimum absolute atomic E-state index is 0.118. The first-order valence-electron chi connectivity index (χ1n) is 7.44. The van der Waals surface area contributed by atoms with E-state index in [0.29, 0.717) is 34.3 Å². The normalized spacial score (nSPS) is 11.1. The predicted molar refractivity (Wildman–Crippen MR) is 91.4 cm³/mol. The SMILES string of the molecule is CCn1c(SCC(=O)Nc2cc(C)on2)nc2cc(C)[nH]c2c1=O. The average Bonchev–Trinajstić information content (AvgIpc) is 3.10. The summed E-state index contributed by atoms with van der Waals surface area (Å²) in [4.78, 5) is 32.0. The lowest BCUT2D eigenvalue weighted by Crippen LogP contribution is -2.23. The highest BCUT2D eigenvalue weighted by atomic mass is 32.2. The number of hydrogen-bond acceptors (Lipinski definition) is 6. The van der Waals surface area contributed by atoms with Crippen LogP contribution in [0.2, 0.25) is 0 Å². The number of thioether (sulfide) groups is 1. The van der Waals surface area contributed by atoms with Crippen LogP contribution in [0, 0.1) is 13.8 Å². The molecule has 0 fully saturated rings. The van der Waals surface area contributed by atoms with E-state index in [-0.39, 0.29) is 17.2 Å². The molecule has 8 nitrogen and oxygen atoms in total. The fraction of sp³-hybridized carbons (Fsp3) is 0.333. The molecule has 126 valence electrons. The van der Waals surface area contributed by atoms with Gasteiger partial charge in [-0.2, -0.15) is 0 Å². The molecule has 3 aromatic heterocycles. The summed E-state index contributed by atoms with van der Waals surface area (Å²) in [5.74, 6) is 0.867. The minimum Gasteiger partial charge on any atom is -0.360 e. The number of H-pyrrole nitrogens is 1. The van der Waals surface area contributed by atoms with Gasteiger partial charge < -0.3 is 14.8 Å². The van der Waals surface area contributed by atoms with E-state index in [2.05, 4.69) is 20.4 Å². The molecule has 0 atom stereocenters. The van der Waals surface area contributed by atoms with Crippen molar-refractivity contribution in [2.24, 2.45) is 0 Å². The zero-order chi connectivity index (χ0) is 17.3. The summed E-state index contributed by atoms with van der Waals surface area (Å²) in [5, 5.41) is 6.87. The fourth-order valence-electron chi connectivity index (χ4n) is 2.33. The van der Waals surface area contributed by atoms with Gasteiger partial charge in [0.1, 0.15) is 11.3 Å². The highest BCUT2D eigenvalue weighted by Crippen LogP contribution is 2.18. The van der Waals surface area contributed by atoms with Gasteiger partial charge in [-0.1, -0.05) is 16.9 Å². The van der Waals surface area contributed by atoms with Gasteiger partial charge in [-0.3, -0.25) is 14.2 Å². The third-order valence-corrected chi connectivity index (χ3v) is 4.36. The number of hydrogen-bond donors (Lipinski definition) is 2. The number of aromatic nitrogens is 4. The summed E-state index contributed by atoms with van der Waals surface area (Å²) < 4.78 is 6.45. The standard InChI is InChI=1S/C15H17N5O3S/c1-4-20-14(22)13-10(5-8(2)16-13)17-15(20)24-7-12(21)18-11-6-9(3)23-19-11/h5-6,16H,4,7H2,1-3H3,(H,18,19,21). The molecule has 0 radical (unpaired) electrons. The lowest BCUT2D eigenvalue weighted by molar-refractivity contribution is -0.113. The molecule has 0 aliphatic rings. The van der Waals surface area contributed by atoms with Crippen molar-refractivity contribution < 1.29 is 9.32 Å². The maximum absolute atomic E-state index is 12.5. The first kappa shape index (κ1) is 16.3. The molecule has 0 unspecified atom stereocenters. The largest absolute Gasteiger partial charge is 0.360 e. The number of carbonyl (C=O) groups excluding carboxylic acids is 1. The van der Waals surface area contributed by atoms with Gasteiger partial charge in [0.25, 0.3) is 5.56 Å². The Morgan fingerprint density at radius 3 is 2.88 bits per heavy atom. The van der Waals surface area contributed by atoms with Gasteiger partial charge in [-0.15, -0.1) is 0 Å². The molecule has 0 saturated carbocycles. The molecule has 0 aliphatic carbocycles. The van der Waals surface area contributed by atoms with Gasteiger partial charge in [-0.25, -0.2) is 4.98 Å². The third kappa shape index (κ3) is 3.21. The van der Waals surface area contributed by atoms with Gasteiger partial charge in [-0.05, 0) is 26.8 Å². The van der Waals surface area contributed by atoms with Crippen LogP contribution in [0.3, 0.4) is 0 Å². The number of anilines is 1. The molecule has 3 aromatic rings. The van der Waals surface area contributed by atoms with Crippen molar-refractivity contribution in [3.8, 4) is 0 Å². The summed E-state index contributed by atoms with van der Waals surface area (Å²) >= 11 is 1.21. The van der Waals surface area contributed by atoms with E-state index in [9.17, 15) is 9.59 Å². The van der Waals surface area contributed by atoms with E-state index in [1.807, 2.05) is 19.9 Å². The van der Waals surface area contributed by atoms with Gasteiger partial charge >= 0.3 is 0 Å². The van der Waals surface area contributed by atoms with Crippen LogP contribution in [0.15, 0.2) is 26.6 Å². The molecule has 9 heteroatoms. The van der Waals surface area contributed by atoms with E-state index < -0.39 is 0 Å². The molecular weight excluding hydrogens is 330 g/mol. The number of carbonyl (C=O) groups is 1. The Balaban J connectivity index is 1.79. The molecule has 2 N–H and O–H groups in total. The highest BCUT2D eigenvalue weighted by molar-refractivity contribution is 7.99. The van der Waals surface area contributed by atoms with Crippen LogP contribution in [0.25, 0.3) is 11.0 Å². The molecule has 0 aromatic carbocycles. The topological polar surface area (TPSA) is 106 Å². The van der Waals surface area contributed by atoms with Gasteiger partial charge in [0.2, 0.25) is 5.91 Å². The van der Waals surface area contributed by atoms with Crippen LogP contribution in [0.1, 0.15) is 18.4 Å². The summed E-state index contributed by atoms with van der Waals surface area (Å²) in [6, 6.07) is 3.45. The Hall–Kier alpha value is -2.55. The van der Waals surface area contributed by atoms with Crippen LogP contribution in [-0.4, -0.2) is 31.4 Å². The monoisotopic (exact) mass is 347 g/mol. The molecule has 0 saturated heterocycles. The maximum atomic E-state index is 12.5. The Morgan fingerprint density at radius 1 is 1.42 bits per heavy atom. The highest BCUT2D eigenvalue weighted by Gasteiger charge is 2.14. The van der Waals surface area contributed by atoms with Crippen molar-refractivity contribution in [1.29, 1.82) is 0 Å². The lowest BCUT2D eigenvalue weighted by atomic mass is 10.4. The molecule has 24 heavy (non-hydrogen) atoms. The van der Waals surface area contributed by atoms with Gasteiger partial charge in [0.15, 0.2) is 11.0 Å².